The summed E-state index contributed by atoms with van der Waals surface area (Å²) < 4.78 is 4.94. The van der Waals surface area contributed by atoms with Crippen molar-refractivity contribution in [2.24, 2.45) is 5.84 Å². The van der Waals surface area contributed by atoms with Crippen LogP contribution in [0.1, 0.15) is 22.1 Å². The lowest BCUT2D eigenvalue weighted by Gasteiger charge is -2.06. The zero-order chi connectivity index (χ0) is 14.5. The molecule has 2 heterocycles. The minimum atomic E-state index is -0.290. The summed E-state index contributed by atoms with van der Waals surface area (Å²) in [4.78, 5) is 19.8. The van der Waals surface area contributed by atoms with Crippen LogP contribution in [0.2, 0.25) is 5.15 Å². The van der Waals surface area contributed by atoms with Crippen LogP contribution in [-0.4, -0.2) is 27.6 Å². The maximum atomic E-state index is 11.9. The Bertz CT molecular complexity index is 615. The normalized spacial score (nSPS) is 10.3. The van der Waals surface area contributed by atoms with Gasteiger partial charge in [0.15, 0.2) is 5.82 Å². The van der Waals surface area contributed by atoms with E-state index in [1.807, 2.05) is 0 Å². The number of carbonyl (C=O) groups is 1. The average molecular weight is 297 g/mol. The van der Waals surface area contributed by atoms with Gasteiger partial charge >= 0.3 is 0 Å². The topological polar surface area (TPSA) is 119 Å². The van der Waals surface area contributed by atoms with Gasteiger partial charge in [-0.15, -0.1) is 0 Å². The number of hydrogen-bond donors (Lipinski definition) is 3. The summed E-state index contributed by atoms with van der Waals surface area (Å²) in [6.07, 6.45) is 0.452. The zero-order valence-corrected chi connectivity index (χ0v) is 11.4. The van der Waals surface area contributed by atoms with Crippen molar-refractivity contribution in [3.63, 3.8) is 0 Å². The van der Waals surface area contributed by atoms with Gasteiger partial charge in [-0.2, -0.15) is 4.98 Å². The van der Waals surface area contributed by atoms with Gasteiger partial charge in [-0.25, -0.2) is 10.8 Å². The quantitative estimate of drug-likeness (QED) is 0.422. The molecule has 0 aliphatic heterocycles. The number of nitrogens with two attached hydrogens (primary N) is 1. The van der Waals surface area contributed by atoms with Crippen LogP contribution in [0.3, 0.4) is 0 Å². The lowest BCUT2D eigenvalue weighted by molar-refractivity contribution is 0.0953. The Balaban J connectivity index is 1.93. The third-order valence-corrected chi connectivity index (χ3v) is 2.59. The molecule has 8 nitrogen and oxygen atoms in total. The highest BCUT2D eigenvalue weighted by molar-refractivity contribution is 6.29. The molecule has 0 unspecified atom stereocenters. The van der Waals surface area contributed by atoms with Crippen LogP contribution in [0.15, 0.2) is 16.7 Å². The van der Waals surface area contributed by atoms with Crippen molar-refractivity contribution in [2.45, 2.75) is 13.3 Å². The van der Waals surface area contributed by atoms with E-state index in [0.29, 0.717) is 36.1 Å². The standard InChI is InChI=1S/C11H13ClN6O2/c1-6-15-10(20-18-6)2-3-14-11(19)7-4-8(12)16-9(5-7)17-13/h4-5H,2-3,13H2,1H3,(H,14,19)(H,16,17). The largest absolute Gasteiger partial charge is 0.352 e. The molecule has 9 heteroatoms. The van der Waals surface area contributed by atoms with E-state index in [-0.39, 0.29) is 11.1 Å². The molecule has 0 atom stereocenters. The van der Waals surface area contributed by atoms with Gasteiger partial charge in [-0.05, 0) is 19.1 Å². The number of rotatable bonds is 5. The van der Waals surface area contributed by atoms with E-state index in [2.05, 4.69) is 25.9 Å². The average Bonchev–Trinajstić information content (AvgIpc) is 2.83. The second-order valence-corrected chi connectivity index (χ2v) is 4.34. The molecule has 2 aromatic rings. The molecule has 1 amide bonds. The van der Waals surface area contributed by atoms with E-state index in [9.17, 15) is 4.79 Å². The second kappa shape index (κ2) is 6.31. The first-order valence-corrected chi connectivity index (χ1v) is 6.18. The number of nitrogens with zero attached hydrogens (tertiary/aromatic N) is 3. The molecule has 0 spiro atoms. The van der Waals surface area contributed by atoms with Crippen molar-refractivity contribution in [1.82, 2.24) is 20.4 Å². The van der Waals surface area contributed by atoms with Crippen LogP contribution in [0.25, 0.3) is 0 Å². The monoisotopic (exact) mass is 296 g/mol. The number of aryl methyl sites for hydroxylation is 1. The van der Waals surface area contributed by atoms with Crippen LogP contribution < -0.4 is 16.6 Å². The molecule has 106 valence electrons. The smallest absolute Gasteiger partial charge is 0.251 e. The van der Waals surface area contributed by atoms with Crippen LogP contribution in [0.4, 0.5) is 5.82 Å². The number of amides is 1. The van der Waals surface area contributed by atoms with Gasteiger partial charge < -0.3 is 15.3 Å². The molecule has 2 rings (SSSR count). The molecule has 0 aliphatic carbocycles. The van der Waals surface area contributed by atoms with Crippen molar-refractivity contribution in [3.05, 3.63) is 34.6 Å². The summed E-state index contributed by atoms with van der Waals surface area (Å²) in [6.45, 7) is 2.09. The maximum Gasteiger partial charge on any atom is 0.251 e. The fourth-order valence-corrected chi connectivity index (χ4v) is 1.74. The molecule has 0 saturated carbocycles. The number of carbonyl (C=O) groups excluding carboxylic acids is 1. The maximum absolute atomic E-state index is 11.9. The van der Waals surface area contributed by atoms with Crippen molar-refractivity contribution < 1.29 is 9.32 Å². The molecule has 0 fully saturated rings. The van der Waals surface area contributed by atoms with E-state index in [4.69, 9.17) is 22.0 Å². The number of nitrogen functional groups attached to an aromatic ring is 1. The Morgan fingerprint density at radius 1 is 1.45 bits per heavy atom. The number of anilines is 1. The predicted octanol–water partition coefficient (Wildman–Crippen LogP) is 0.685. The number of aromatic nitrogens is 3. The number of hydrogen-bond acceptors (Lipinski definition) is 7. The van der Waals surface area contributed by atoms with Crippen LogP contribution in [-0.2, 0) is 6.42 Å². The highest BCUT2D eigenvalue weighted by atomic mass is 35.5. The first-order valence-electron chi connectivity index (χ1n) is 5.80. The minimum Gasteiger partial charge on any atom is -0.352 e. The van der Waals surface area contributed by atoms with Gasteiger partial charge in [0.05, 0.1) is 0 Å². The van der Waals surface area contributed by atoms with Gasteiger partial charge in [0, 0.05) is 18.5 Å². The van der Waals surface area contributed by atoms with E-state index in [1.165, 1.54) is 12.1 Å². The molecule has 0 aromatic carbocycles. The summed E-state index contributed by atoms with van der Waals surface area (Å²) in [6, 6.07) is 2.95. The summed E-state index contributed by atoms with van der Waals surface area (Å²) in [7, 11) is 0. The first-order chi connectivity index (χ1) is 9.58. The number of hydrazine groups is 1. The third kappa shape index (κ3) is 3.65. The van der Waals surface area contributed by atoms with E-state index < -0.39 is 0 Å². The van der Waals surface area contributed by atoms with Gasteiger partial charge in [0.2, 0.25) is 5.89 Å². The molecule has 0 saturated heterocycles. The molecular weight excluding hydrogens is 284 g/mol. The van der Waals surface area contributed by atoms with Crippen LogP contribution >= 0.6 is 11.6 Å². The number of halogens is 1. The molecule has 4 N–H and O–H groups in total. The van der Waals surface area contributed by atoms with Gasteiger partial charge in [-0.3, -0.25) is 4.79 Å². The minimum absolute atomic E-state index is 0.179. The highest BCUT2D eigenvalue weighted by Gasteiger charge is 2.09. The van der Waals surface area contributed by atoms with Gasteiger partial charge in [-0.1, -0.05) is 16.8 Å². The van der Waals surface area contributed by atoms with E-state index >= 15 is 0 Å². The Morgan fingerprint density at radius 2 is 2.25 bits per heavy atom. The first kappa shape index (κ1) is 14.2. The van der Waals surface area contributed by atoms with Gasteiger partial charge in [0.1, 0.15) is 11.0 Å². The predicted molar refractivity (Wildman–Crippen MR) is 72.1 cm³/mol. The summed E-state index contributed by atoms with van der Waals surface area (Å²) in [5, 5.41) is 6.55. The van der Waals surface area contributed by atoms with E-state index in [1.54, 1.807) is 6.92 Å². The molecule has 20 heavy (non-hydrogen) atoms. The molecule has 0 radical (unpaired) electrons. The summed E-state index contributed by atoms with van der Waals surface area (Å²) >= 11 is 5.79. The molecular formula is C11H13ClN6O2. The Morgan fingerprint density at radius 3 is 2.90 bits per heavy atom. The van der Waals surface area contributed by atoms with Gasteiger partial charge in [0.25, 0.3) is 5.91 Å². The van der Waals surface area contributed by atoms with Crippen LogP contribution in [0.5, 0.6) is 0 Å². The fraction of sp³-hybridized carbons (Fsp3) is 0.273. The SMILES string of the molecule is Cc1noc(CCNC(=O)c2cc(Cl)nc(NN)c2)n1. The lowest BCUT2D eigenvalue weighted by atomic mass is 10.2. The van der Waals surface area contributed by atoms with Crippen molar-refractivity contribution >= 4 is 23.3 Å². The van der Waals surface area contributed by atoms with Crippen molar-refractivity contribution in [1.29, 1.82) is 0 Å². The fourth-order valence-electron chi connectivity index (χ4n) is 1.53. The number of nitrogens with one attached hydrogen (secondary N) is 2. The second-order valence-electron chi connectivity index (χ2n) is 3.95. The molecule has 0 bridgehead atoms. The Labute approximate surface area is 119 Å². The van der Waals surface area contributed by atoms with Crippen molar-refractivity contribution in [3.8, 4) is 0 Å². The number of pyridine rings is 1. The van der Waals surface area contributed by atoms with E-state index in [0.717, 1.165) is 0 Å². The third-order valence-electron chi connectivity index (χ3n) is 2.40. The Hall–Kier alpha value is -2.19. The molecule has 2 aromatic heterocycles. The lowest BCUT2D eigenvalue weighted by Crippen LogP contribution is -2.26. The molecule has 0 aliphatic rings. The van der Waals surface area contributed by atoms with Crippen molar-refractivity contribution in [2.75, 3.05) is 12.0 Å². The van der Waals surface area contributed by atoms with Crippen LogP contribution in [0, 0.1) is 6.92 Å². The summed E-state index contributed by atoms with van der Waals surface area (Å²) in [5.74, 6) is 6.29. The zero-order valence-electron chi connectivity index (χ0n) is 10.7. The highest BCUT2D eigenvalue weighted by Crippen LogP contribution is 2.13. The Kier molecular flexibility index (Phi) is 4.49. The summed E-state index contributed by atoms with van der Waals surface area (Å²) in [5.41, 5.74) is 2.70.